The normalized spacial score (nSPS) is 13.2. The van der Waals surface area contributed by atoms with Gasteiger partial charge in [0.25, 0.3) is 0 Å². The summed E-state index contributed by atoms with van der Waals surface area (Å²) >= 11 is 5.89. The molecule has 4 heteroatoms. The molecule has 0 radical (unpaired) electrons. The molecule has 100 valence electrons. The molecule has 1 aromatic carbocycles. The van der Waals surface area contributed by atoms with E-state index in [9.17, 15) is 4.79 Å². The van der Waals surface area contributed by atoms with Crippen LogP contribution >= 0.6 is 11.6 Å². The molecule has 1 rings (SSSR count). The first kappa shape index (κ1) is 15.0. The summed E-state index contributed by atoms with van der Waals surface area (Å²) in [7, 11) is 0. The number of rotatable bonds is 4. The van der Waals surface area contributed by atoms with Crippen LogP contribution in [0.4, 0.5) is 0 Å². The average Bonchev–Trinajstić information content (AvgIpc) is 2.26. The van der Waals surface area contributed by atoms with Gasteiger partial charge in [-0.2, -0.15) is 0 Å². The molecule has 0 saturated carbocycles. The predicted molar refractivity (Wildman–Crippen MR) is 75.6 cm³/mol. The molecule has 1 atom stereocenters. The Balaban J connectivity index is 2.41. The molecule has 0 heterocycles. The van der Waals surface area contributed by atoms with Gasteiger partial charge in [0.05, 0.1) is 6.04 Å². The van der Waals surface area contributed by atoms with Crippen LogP contribution in [0.1, 0.15) is 26.3 Å². The van der Waals surface area contributed by atoms with Crippen LogP contribution in [0.25, 0.3) is 0 Å². The first-order chi connectivity index (χ1) is 8.30. The maximum absolute atomic E-state index is 11.8. The van der Waals surface area contributed by atoms with Gasteiger partial charge in [-0.05, 0) is 29.5 Å². The van der Waals surface area contributed by atoms with Crippen molar-refractivity contribution in [3.05, 3.63) is 34.9 Å². The molecule has 1 aromatic rings. The van der Waals surface area contributed by atoms with Gasteiger partial charge in [-0.15, -0.1) is 0 Å². The molecule has 0 bridgehead atoms. The number of nitrogens with one attached hydrogen (secondary N) is 1. The quantitative estimate of drug-likeness (QED) is 0.881. The fourth-order valence-electron chi connectivity index (χ4n) is 1.53. The number of hydrogen-bond donors (Lipinski definition) is 2. The Hall–Kier alpha value is -1.06. The molecular formula is C14H21ClN2O. The minimum atomic E-state index is -0.489. The molecule has 0 unspecified atom stereocenters. The highest BCUT2D eigenvalue weighted by molar-refractivity contribution is 6.30. The molecule has 1 amide bonds. The molecule has 3 nitrogen and oxygen atoms in total. The van der Waals surface area contributed by atoms with Crippen molar-refractivity contribution in [3.63, 3.8) is 0 Å². The average molecular weight is 269 g/mol. The number of carbonyl (C=O) groups is 1. The van der Waals surface area contributed by atoms with Gasteiger partial charge < -0.3 is 11.1 Å². The summed E-state index contributed by atoms with van der Waals surface area (Å²) in [4.78, 5) is 11.8. The van der Waals surface area contributed by atoms with E-state index < -0.39 is 6.04 Å². The van der Waals surface area contributed by atoms with E-state index in [4.69, 9.17) is 17.3 Å². The fourth-order valence-corrected chi connectivity index (χ4v) is 1.74. The molecule has 0 aromatic heterocycles. The summed E-state index contributed by atoms with van der Waals surface area (Å²) in [6.07, 6.45) is 0.753. The van der Waals surface area contributed by atoms with Gasteiger partial charge in [0.15, 0.2) is 0 Å². The maximum atomic E-state index is 11.8. The van der Waals surface area contributed by atoms with Crippen molar-refractivity contribution in [1.29, 1.82) is 0 Å². The van der Waals surface area contributed by atoms with Crippen molar-refractivity contribution in [2.75, 3.05) is 6.54 Å². The van der Waals surface area contributed by atoms with E-state index in [1.54, 1.807) is 0 Å². The van der Waals surface area contributed by atoms with Gasteiger partial charge >= 0.3 is 0 Å². The van der Waals surface area contributed by atoms with Crippen LogP contribution in [-0.4, -0.2) is 18.5 Å². The van der Waals surface area contributed by atoms with E-state index in [0.717, 1.165) is 12.0 Å². The van der Waals surface area contributed by atoms with Gasteiger partial charge in [0.1, 0.15) is 0 Å². The SMILES string of the molecule is CC(C)(C)[C@H](N)C(=O)NCCc1cccc(Cl)c1. The van der Waals surface area contributed by atoms with Gasteiger partial charge in [-0.1, -0.05) is 44.5 Å². The standard InChI is InChI=1S/C14H21ClN2O/c1-14(2,3)12(16)13(18)17-8-7-10-5-4-6-11(15)9-10/h4-6,9,12H,7-8,16H2,1-3H3,(H,17,18)/t12-/m1/s1. The second-order valence-corrected chi connectivity index (χ2v) is 5.95. The van der Waals surface area contributed by atoms with E-state index in [0.29, 0.717) is 11.6 Å². The monoisotopic (exact) mass is 268 g/mol. The summed E-state index contributed by atoms with van der Waals surface area (Å²) in [5.74, 6) is -0.107. The van der Waals surface area contributed by atoms with Crippen LogP contribution < -0.4 is 11.1 Å². The van der Waals surface area contributed by atoms with Crippen molar-refractivity contribution in [2.45, 2.75) is 33.2 Å². The zero-order chi connectivity index (χ0) is 13.8. The summed E-state index contributed by atoms with van der Waals surface area (Å²) in [6.45, 7) is 6.43. The Morgan fingerprint density at radius 1 is 1.44 bits per heavy atom. The van der Waals surface area contributed by atoms with Gasteiger partial charge in [-0.3, -0.25) is 4.79 Å². The highest BCUT2D eigenvalue weighted by atomic mass is 35.5. The molecule has 0 fully saturated rings. The van der Waals surface area contributed by atoms with Crippen LogP contribution in [0.3, 0.4) is 0 Å². The maximum Gasteiger partial charge on any atom is 0.237 e. The van der Waals surface area contributed by atoms with Gasteiger partial charge in [-0.25, -0.2) is 0 Å². The van der Waals surface area contributed by atoms with Crippen LogP contribution in [0.15, 0.2) is 24.3 Å². The molecule has 0 aliphatic rings. The Morgan fingerprint density at radius 3 is 2.67 bits per heavy atom. The third-order valence-electron chi connectivity index (χ3n) is 2.82. The van der Waals surface area contributed by atoms with Crippen LogP contribution in [0, 0.1) is 5.41 Å². The largest absolute Gasteiger partial charge is 0.354 e. The van der Waals surface area contributed by atoms with Crippen LogP contribution in [-0.2, 0) is 11.2 Å². The Morgan fingerprint density at radius 2 is 2.11 bits per heavy atom. The summed E-state index contributed by atoms with van der Waals surface area (Å²) < 4.78 is 0. The third kappa shape index (κ3) is 4.67. The van der Waals surface area contributed by atoms with E-state index >= 15 is 0 Å². The molecule has 0 spiro atoms. The smallest absolute Gasteiger partial charge is 0.237 e. The minimum Gasteiger partial charge on any atom is -0.354 e. The molecule has 0 saturated heterocycles. The predicted octanol–water partition coefficient (Wildman–Crippen LogP) is 2.37. The van der Waals surface area contributed by atoms with Crippen molar-refractivity contribution in [2.24, 2.45) is 11.1 Å². The number of carbonyl (C=O) groups excluding carboxylic acids is 1. The first-order valence-corrected chi connectivity index (χ1v) is 6.46. The molecule has 0 aliphatic heterocycles. The van der Waals surface area contributed by atoms with E-state index in [1.807, 2.05) is 45.0 Å². The lowest BCUT2D eigenvalue weighted by atomic mass is 9.87. The lowest BCUT2D eigenvalue weighted by Crippen LogP contribution is -2.48. The van der Waals surface area contributed by atoms with E-state index in [-0.39, 0.29) is 11.3 Å². The van der Waals surface area contributed by atoms with Crippen molar-refractivity contribution >= 4 is 17.5 Å². The summed E-state index contributed by atoms with van der Waals surface area (Å²) in [5, 5.41) is 3.56. The Bertz CT molecular complexity index is 413. The van der Waals surface area contributed by atoms with Crippen molar-refractivity contribution in [1.82, 2.24) is 5.32 Å². The molecule has 18 heavy (non-hydrogen) atoms. The van der Waals surface area contributed by atoms with Crippen molar-refractivity contribution in [3.8, 4) is 0 Å². The first-order valence-electron chi connectivity index (χ1n) is 6.08. The lowest BCUT2D eigenvalue weighted by molar-refractivity contribution is -0.124. The highest BCUT2D eigenvalue weighted by Gasteiger charge is 2.26. The molecular weight excluding hydrogens is 248 g/mol. The van der Waals surface area contributed by atoms with Crippen molar-refractivity contribution < 1.29 is 4.79 Å². The van der Waals surface area contributed by atoms with E-state index in [1.165, 1.54) is 0 Å². The topological polar surface area (TPSA) is 55.1 Å². The van der Waals surface area contributed by atoms with Gasteiger partial charge in [0.2, 0.25) is 5.91 Å². The van der Waals surface area contributed by atoms with Crippen LogP contribution in [0.5, 0.6) is 0 Å². The number of hydrogen-bond acceptors (Lipinski definition) is 2. The number of amides is 1. The Labute approximate surface area is 114 Å². The zero-order valence-electron chi connectivity index (χ0n) is 11.2. The molecule has 3 N–H and O–H groups in total. The fraction of sp³-hybridized carbons (Fsp3) is 0.500. The second-order valence-electron chi connectivity index (χ2n) is 5.51. The lowest BCUT2D eigenvalue weighted by Gasteiger charge is -2.25. The minimum absolute atomic E-state index is 0.107. The molecule has 0 aliphatic carbocycles. The number of nitrogens with two attached hydrogens (primary N) is 1. The van der Waals surface area contributed by atoms with Gasteiger partial charge in [0, 0.05) is 11.6 Å². The second kappa shape index (κ2) is 6.21. The van der Waals surface area contributed by atoms with Crippen LogP contribution in [0.2, 0.25) is 5.02 Å². The highest BCUT2D eigenvalue weighted by Crippen LogP contribution is 2.17. The summed E-state index contributed by atoms with van der Waals surface area (Å²) in [5.41, 5.74) is 6.75. The van der Waals surface area contributed by atoms with E-state index in [2.05, 4.69) is 5.32 Å². The Kier molecular flexibility index (Phi) is 5.17. The number of benzene rings is 1. The summed E-state index contributed by atoms with van der Waals surface area (Å²) in [6, 6.07) is 7.13. The zero-order valence-corrected chi connectivity index (χ0v) is 11.9. The number of halogens is 1. The third-order valence-corrected chi connectivity index (χ3v) is 3.05.